The Balaban J connectivity index is 1.41. The van der Waals surface area contributed by atoms with E-state index in [9.17, 15) is 4.79 Å². The van der Waals surface area contributed by atoms with Crippen LogP contribution in [0.5, 0.6) is 0 Å². The number of pyridine rings is 1. The second-order valence-corrected chi connectivity index (χ2v) is 9.35. The number of fused-ring (bicyclic) bond motifs is 1. The first-order valence-corrected chi connectivity index (χ1v) is 11.7. The molecule has 5 rings (SSSR count). The third-order valence-electron chi connectivity index (χ3n) is 6.78. The predicted molar refractivity (Wildman–Crippen MR) is 130 cm³/mol. The van der Waals surface area contributed by atoms with Gasteiger partial charge in [0.05, 0.1) is 23.6 Å². The highest BCUT2D eigenvalue weighted by Gasteiger charge is 2.25. The number of hydrogen-bond acceptors (Lipinski definition) is 7. The molecule has 1 aliphatic carbocycles. The molecule has 0 aromatic carbocycles. The van der Waals surface area contributed by atoms with Gasteiger partial charge in [0.1, 0.15) is 11.5 Å². The molecule has 9 nitrogen and oxygen atoms in total. The summed E-state index contributed by atoms with van der Waals surface area (Å²) in [6.07, 6.45) is 10.2. The molecule has 2 aliphatic rings. The lowest BCUT2D eigenvalue weighted by Gasteiger charge is -2.33. The molecule has 1 saturated heterocycles. The van der Waals surface area contributed by atoms with Crippen molar-refractivity contribution in [1.29, 1.82) is 0 Å². The van der Waals surface area contributed by atoms with Crippen molar-refractivity contribution in [2.24, 2.45) is 0 Å². The Labute approximate surface area is 194 Å². The first-order chi connectivity index (χ1) is 16.0. The smallest absolute Gasteiger partial charge is 0.270 e. The zero-order chi connectivity index (χ0) is 22.9. The topological polar surface area (TPSA) is 82.4 Å². The van der Waals surface area contributed by atoms with Crippen molar-refractivity contribution in [1.82, 2.24) is 29.3 Å². The Kier molecular flexibility index (Phi) is 5.88. The number of carbonyl (C=O) groups is 1. The van der Waals surface area contributed by atoms with Gasteiger partial charge >= 0.3 is 0 Å². The van der Waals surface area contributed by atoms with E-state index in [0.29, 0.717) is 17.8 Å². The Hall–Kier alpha value is -3.20. The van der Waals surface area contributed by atoms with E-state index in [4.69, 9.17) is 0 Å². The van der Waals surface area contributed by atoms with E-state index in [-0.39, 0.29) is 5.91 Å². The summed E-state index contributed by atoms with van der Waals surface area (Å²) in [5.41, 5.74) is 2.80. The van der Waals surface area contributed by atoms with Crippen molar-refractivity contribution in [3.8, 4) is 0 Å². The number of anilines is 3. The number of hydrogen-bond donors (Lipinski definition) is 1. The summed E-state index contributed by atoms with van der Waals surface area (Å²) in [6.45, 7) is 4.06. The second-order valence-electron chi connectivity index (χ2n) is 9.35. The molecule has 1 amide bonds. The van der Waals surface area contributed by atoms with E-state index in [1.54, 1.807) is 19.0 Å². The number of amides is 1. The van der Waals surface area contributed by atoms with Gasteiger partial charge in [0.2, 0.25) is 5.95 Å². The lowest BCUT2D eigenvalue weighted by atomic mass is 10.2. The minimum absolute atomic E-state index is 0.0236. The van der Waals surface area contributed by atoms with Crippen LogP contribution < -0.4 is 10.2 Å². The normalized spacial score (nSPS) is 17.6. The summed E-state index contributed by atoms with van der Waals surface area (Å²) in [6, 6.07) is 4.32. The van der Waals surface area contributed by atoms with Gasteiger partial charge in [-0.1, -0.05) is 12.8 Å². The molecule has 1 saturated carbocycles. The number of likely N-dealkylation sites (N-methyl/N-ethyl adjacent to an activating group) is 1. The standard InChI is InChI=1S/C24H32N8O/c1-29(2)23(33)21-12-17-14-25-22(13-20(17)32(21)18-6-4-5-7-18)28-24-26-15-19(16-27-24)31-10-8-30(3)9-11-31/h12-16,18H,4-11H2,1-3H3,(H,25,26,27,28). The Morgan fingerprint density at radius 3 is 2.36 bits per heavy atom. The lowest BCUT2D eigenvalue weighted by Crippen LogP contribution is -2.44. The second kappa shape index (κ2) is 8.97. The minimum atomic E-state index is 0.0236. The van der Waals surface area contributed by atoms with Crippen LogP contribution in [0.25, 0.3) is 10.9 Å². The predicted octanol–water partition coefficient (Wildman–Crippen LogP) is 3.14. The van der Waals surface area contributed by atoms with E-state index in [2.05, 4.69) is 41.7 Å². The van der Waals surface area contributed by atoms with Crippen molar-refractivity contribution in [2.45, 2.75) is 31.7 Å². The van der Waals surface area contributed by atoms with Crippen LogP contribution in [-0.2, 0) is 0 Å². The van der Waals surface area contributed by atoms with E-state index < -0.39 is 0 Å². The van der Waals surface area contributed by atoms with Crippen LogP contribution in [0, 0.1) is 0 Å². The number of piperazine rings is 1. The minimum Gasteiger partial charge on any atom is -0.366 e. The Morgan fingerprint density at radius 2 is 1.70 bits per heavy atom. The van der Waals surface area contributed by atoms with Crippen molar-refractivity contribution >= 4 is 34.3 Å². The molecule has 0 atom stereocenters. The number of carbonyl (C=O) groups excluding carboxylic acids is 1. The molecule has 33 heavy (non-hydrogen) atoms. The van der Waals surface area contributed by atoms with Crippen molar-refractivity contribution < 1.29 is 4.79 Å². The van der Waals surface area contributed by atoms with E-state index >= 15 is 0 Å². The third kappa shape index (κ3) is 4.37. The third-order valence-corrected chi connectivity index (χ3v) is 6.78. The van der Waals surface area contributed by atoms with Gasteiger partial charge in [-0.25, -0.2) is 15.0 Å². The molecule has 0 bridgehead atoms. The van der Waals surface area contributed by atoms with Gasteiger partial charge in [-0.05, 0) is 26.0 Å². The number of rotatable bonds is 5. The van der Waals surface area contributed by atoms with Gasteiger partial charge < -0.3 is 24.6 Å². The quantitative estimate of drug-likeness (QED) is 0.642. The van der Waals surface area contributed by atoms with E-state index in [1.165, 1.54) is 12.8 Å². The number of nitrogens with zero attached hydrogens (tertiary/aromatic N) is 7. The fourth-order valence-electron chi connectivity index (χ4n) is 4.87. The van der Waals surface area contributed by atoms with Gasteiger partial charge in [-0.15, -0.1) is 0 Å². The lowest BCUT2D eigenvalue weighted by molar-refractivity contribution is 0.0815. The fourth-order valence-corrected chi connectivity index (χ4v) is 4.87. The average molecular weight is 449 g/mol. The van der Waals surface area contributed by atoms with E-state index in [1.807, 2.05) is 30.7 Å². The van der Waals surface area contributed by atoms with Crippen LogP contribution in [-0.4, -0.2) is 82.5 Å². The summed E-state index contributed by atoms with van der Waals surface area (Å²) >= 11 is 0. The molecule has 4 heterocycles. The van der Waals surface area contributed by atoms with Crippen LogP contribution in [0.3, 0.4) is 0 Å². The molecule has 1 aliphatic heterocycles. The molecule has 0 spiro atoms. The van der Waals surface area contributed by atoms with Crippen molar-refractivity contribution in [3.05, 3.63) is 36.4 Å². The molecule has 9 heteroatoms. The SMILES string of the molecule is CN1CCN(c2cnc(Nc3cc4c(cn3)cc(C(=O)N(C)C)n4C3CCCC3)nc2)CC1. The van der Waals surface area contributed by atoms with Crippen LogP contribution in [0.1, 0.15) is 42.2 Å². The molecule has 2 fully saturated rings. The summed E-state index contributed by atoms with van der Waals surface area (Å²) in [4.78, 5) is 32.8. The maximum absolute atomic E-state index is 12.9. The molecule has 0 radical (unpaired) electrons. The molecule has 3 aromatic rings. The monoisotopic (exact) mass is 448 g/mol. The molecule has 3 aromatic heterocycles. The molecular formula is C24H32N8O. The zero-order valence-electron chi connectivity index (χ0n) is 19.7. The highest BCUT2D eigenvalue weighted by molar-refractivity contribution is 5.99. The van der Waals surface area contributed by atoms with Crippen LogP contribution in [0.2, 0.25) is 0 Å². The molecule has 174 valence electrons. The van der Waals surface area contributed by atoms with Gasteiger partial charge in [-0.3, -0.25) is 4.79 Å². The molecule has 1 N–H and O–H groups in total. The fraction of sp³-hybridized carbons (Fsp3) is 0.500. The highest BCUT2D eigenvalue weighted by atomic mass is 16.2. The van der Waals surface area contributed by atoms with Gasteiger partial charge in [0, 0.05) is 64.0 Å². The van der Waals surface area contributed by atoms with Crippen LogP contribution in [0.15, 0.2) is 30.7 Å². The number of aromatic nitrogens is 4. The summed E-state index contributed by atoms with van der Waals surface area (Å²) in [5.74, 6) is 1.22. The highest BCUT2D eigenvalue weighted by Crippen LogP contribution is 2.35. The largest absolute Gasteiger partial charge is 0.366 e. The maximum atomic E-state index is 12.9. The van der Waals surface area contributed by atoms with Gasteiger partial charge in [0.25, 0.3) is 5.91 Å². The van der Waals surface area contributed by atoms with Crippen molar-refractivity contribution in [3.63, 3.8) is 0 Å². The van der Waals surface area contributed by atoms with Crippen LogP contribution in [0.4, 0.5) is 17.5 Å². The molecule has 0 unspecified atom stereocenters. The number of nitrogens with one attached hydrogen (secondary N) is 1. The van der Waals surface area contributed by atoms with Gasteiger partial charge in [0.15, 0.2) is 0 Å². The Bertz CT molecular complexity index is 1130. The first kappa shape index (κ1) is 21.6. The van der Waals surface area contributed by atoms with Crippen molar-refractivity contribution in [2.75, 3.05) is 57.5 Å². The van der Waals surface area contributed by atoms with Crippen LogP contribution >= 0.6 is 0 Å². The van der Waals surface area contributed by atoms with Gasteiger partial charge in [-0.2, -0.15) is 0 Å². The maximum Gasteiger partial charge on any atom is 0.270 e. The van der Waals surface area contributed by atoms with E-state index in [0.717, 1.165) is 61.3 Å². The summed E-state index contributed by atoms with van der Waals surface area (Å²) < 4.78 is 2.22. The average Bonchev–Trinajstić information content (AvgIpc) is 3.47. The zero-order valence-corrected chi connectivity index (χ0v) is 19.7. The first-order valence-electron chi connectivity index (χ1n) is 11.7. The molecular weight excluding hydrogens is 416 g/mol. The Morgan fingerprint density at radius 1 is 1.00 bits per heavy atom. The summed E-state index contributed by atoms with van der Waals surface area (Å²) in [5, 5.41) is 4.22. The summed E-state index contributed by atoms with van der Waals surface area (Å²) in [7, 11) is 5.74.